The van der Waals surface area contributed by atoms with Gasteiger partial charge in [-0.05, 0) is 60.5 Å². The molecule has 6 rings (SSSR count). The van der Waals surface area contributed by atoms with Crippen LogP contribution >= 0.6 is 0 Å². The monoisotopic (exact) mass is 422 g/mol. The van der Waals surface area contributed by atoms with Crippen molar-refractivity contribution < 1.29 is 4.42 Å². The van der Waals surface area contributed by atoms with Crippen molar-refractivity contribution in [3.63, 3.8) is 0 Å². The molecule has 1 aliphatic rings. The second-order valence-corrected chi connectivity index (χ2v) is 7.94. The second kappa shape index (κ2) is 7.55. The minimum absolute atomic E-state index is 0.534. The Morgan fingerprint density at radius 1 is 1.09 bits per heavy atom. The van der Waals surface area contributed by atoms with Gasteiger partial charge in [-0.25, -0.2) is 4.98 Å². The fourth-order valence-electron chi connectivity index (χ4n) is 4.30. The van der Waals surface area contributed by atoms with Gasteiger partial charge in [0.15, 0.2) is 5.82 Å². The maximum absolute atomic E-state index is 6.19. The van der Waals surface area contributed by atoms with Crippen molar-refractivity contribution in [2.24, 2.45) is 0 Å². The Morgan fingerprint density at radius 3 is 2.97 bits per heavy atom. The molecule has 7 heteroatoms. The van der Waals surface area contributed by atoms with E-state index < -0.39 is 0 Å². The Balaban J connectivity index is 1.45. The van der Waals surface area contributed by atoms with Gasteiger partial charge in [-0.3, -0.25) is 0 Å². The topological polar surface area (TPSA) is 93.9 Å². The first-order valence-electron chi connectivity index (χ1n) is 10.6. The molecule has 0 unspecified atom stereocenters. The number of anilines is 3. The predicted molar refractivity (Wildman–Crippen MR) is 126 cm³/mol. The fourth-order valence-corrected chi connectivity index (χ4v) is 4.30. The van der Waals surface area contributed by atoms with Crippen molar-refractivity contribution in [3.05, 3.63) is 84.6 Å². The molecule has 0 fully saturated rings. The standard InChI is InChI=1S/C25H22N6O/c26-22-2-1-3-23-20(22)7-10-31(23)24-21(18-8-11-32-15-18)14-28-25(30-24)29-19-5-4-17-13-27-9-6-16(17)12-19/h1-5,7-8,10-12,14-15,27H,6,9,13,26H2,(H,28,29,30). The van der Waals surface area contributed by atoms with Gasteiger partial charge in [-0.2, -0.15) is 4.98 Å². The van der Waals surface area contributed by atoms with Crippen molar-refractivity contribution in [2.45, 2.75) is 13.0 Å². The molecule has 4 N–H and O–H groups in total. The lowest BCUT2D eigenvalue weighted by atomic mass is 10.0. The van der Waals surface area contributed by atoms with Crippen LogP contribution < -0.4 is 16.4 Å². The zero-order chi connectivity index (χ0) is 21.5. The summed E-state index contributed by atoms with van der Waals surface area (Å²) in [4.78, 5) is 9.50. The first-order chi connectivity index (χ1) is 15.8. The van der Waals surface area contributed by atoms with Gasteiger partial charge >= 0.3 is 0 Å². The average Bonchev–Trinajstić information content (AvgIpc) is 3.50. The predicted octanol–water partition coefficient (Wildman–Crippen LogP) is 4.65. The highest BCUT2D eigenvalue weighted by Crippen LogP contribution is 2.31. The summed E-state index contributed by atoms with van der Waals surface area (Å²) >= 11 is 0. The largest absolute Gasteiger partial charge is 0.472 e. The highest BCUT2D eigenvalue weighted by Gasteiger charge is 2.16. The molecule has 0 amide bonds. The quantitative estimate of drug-likeness (QED) is 0.365. The van der Waals surface area contributed by atoms with Crippen molar-refractivity contribution in [3.8, 4) is 16.9 Å². The molecule has 7 nitrogen and oxygen atoms in total. The number of benzene rings is 2. The lowest BCUT2D eigenvalue weighted by molar-refractivity contribution is 0.568. The number of nitrogen functional groups attached to an aromatic ring is 1. The molecule has 0 radical (unpaired) electrons. The Bertz CT molecular complexity index is 1420. The van der Waals surface area contributed by atoms with Crippen LogP contribution in [0.4, 0.5) is 17.3 Å². The van der Waals surface area contributed by atoms with E-state index in [-0.39, 0.29) is 0 Å². The normalized spacial score (nSPS) is 13.2. The number of furan rings is 1. The zero-order valence-electron chi connectivity index (χ0n) is 17.4. The summed E-state index contributed by atoms with van der Waals surface area (Å²) in [6, 6.07) is 16.2. The third-order valence-electron chi connectivity index (χ3n) is 5.94. The number of fused-ring (bicyclic) bond motifs is 2. The van der Waals surface area contributed by atoms with Crippen LogP contribution in [0.15, 0.2) is 77.9 Å². The lowest BCUT2D eigenvalue weighted by Gasteiger charge is -2.18. The summed E-state index contributed by atoms with van der Waals surface area (Å²) < 4.78 is 7.36. The summed E-state index contributed by atoms with van der Waals surface area (Å²) in [6.07, 6.45) is 8.19. The van der Waals surface area contributed by atoms with Crippen LogP contribution in [0.25, 0.3) is 27.8 Å². The van der Waals surface area contributed by atoms with Gasteiger partial charge in [0.05, 0.1) is 18.0 Å². The minimum Gasteiger partial charge on any atom is -0.472 e. The van der Waals surface area contributed by atoms with Gasteiger partial charge in [-0.15, -0.1) is 0 Å². The summed E-state index contributed by atoms with van der Waals surface area (Å²) in [5.41, 5.74) is 13.4. The van der Waals surface area contributed by atoms with Gasteiger partial charge in [0.2, 0.25) is 5.95 Å². The van der Waals surface area contributed by atoms with Gasteiger partial charge in [0.1, 0.15) is 0 Å². The third kappa shape index (κ3) is 3.19. The summed E-state index contributed by atoms with van der Waals surface area (Å²) in [7, 11) is 0. The fraction of sp³-hybridized carbons (Fsp3) is 0.120. The van der Waals surface area contributed by atoms with Crippen molar-refractivity contribution in [1.29, 1.82) is 0 Å². The number of aromatic nitrogens is 3. The molecule has 4 heterocycles. The molecule has 158 valence electrons. The average molecular weight is 422 g/mol. The van der Waals surface area contributed by atoms with E-state index in [0.29, 0.717) is 5.95 Å². The Labute approximate surface area is 184 Å². The molecule has 2 aromatic carbocycles. The molecule has 0 atom stereocenters. The Hall–Kier alpha value is -4.10. The van der Waals surface area contributed by atoms with Crippen LogP contribution in [-0.4, -0.2) is 21.1 Å². The Morgan fingerprint density at radius 2 is 2.06 bits per heavy atom. The van der Waals surface area contributed by atoms with Crippen molar-refractivity contribution in [1.82, 2.24) is 19.9 Å². The molecule has 0 spiro atoms. The molecule has 0 saturated heterocycles. The molecule has 3 aromatic heterocycles. The molecule has 5 aromatic rings. The minimum atomic E-state index is 0.534. The molecular formula is C25H22N6O. The zero-order valence-corrected chi connectivity index (χ0v) is 17.4. The van der Waals surface area contributed by atoms with Crippen LogP contribution in [0.5, 0.6) is 0 Å². The highest BCUT2D eigenvalue weighted by molar-refractivity contribution is 5.93. The highest BCUT2D eigenvalue weighted by atomic mass is 16.3. The number of hydrogen-bond acceptors (Lipinski definition) is 6. The first-order valence-corrected chi connectivity index (χ1v) is 10.6. The number of nitrogens with zero attached hydrogens (tertiary/aromatic N) is 3. The maximum atomic E-state index is 6.19. The van der Waals surface area contributed by atoms with E-state index in [1.165, 1.54) is 11.1 Å². The smallest absolute Gasteiger partial charge is 0.229 e. The number of nitrogens with two attached hydrogens (primary N) is 1. The van der Waals surface area contributed by atoms with Crippen molar-refractivity contribution >= 4 is 28.2 Å². The van der Waals surface area contributed by atoms with Crippen LogP contribution in [0.1, 0.15) is 11.1 Å². The van der Waals surface area contributed by atoms with Crippen LogP contribution in [0.3, 0.4) is 0 Å². The lowest BCUT2D eigenvalue weighted by Crippen LogP contribution is -2.23. The number of rotatable bonds is 4. The van der Waals surface area contributed by atoms with E-state index in [1.807, 2.05) is 47.3 Å². The third-order valence-corrected chi connectivity index (χ3v) is 5.94. The molecule has 1 aliphatic heterocycles. The van der Waals surface area contributed by atoms with Crippen molar-refractivity contribution in [2.75, 3.05) is 17.6 Å². The molecular weight excluding hydrogens is 400 g/mol. The summed E-state index contributed by atoms with van der Waals surface area (Å²) in [6.45, 7) is 1.92. The van der Waals surface area contributed by atoms with E-state index >= 15 is 0 Å². The SMILES string of the molecule is Nc1cccc2c1ccn2-c1nc(Nc2ccc3c(c2)CCNC3)ncc1-c1ccoc1. The van der Waals surface area contributed by atoms with E-state index in [2.05, 4.69) is 33.8 Å². The van der Waals surface area contributed by atoms with E-state index in [1.54, 1.807) is 12.5 Å². The van der Waals surface area contributed by atoms with Gasteiger partial charge in [-0.1, -0.05) is 12.1 Å². The van der Waals surface area contributed by atoms with Crippen LogP contribution in [0.2, 0.25) is 0 Å². The Kier molecular flexibility index (Phi) is 4.40. The molecule has 0 bridgehead atoms. The number of hydrogen-bond donors (Lipinski definition) is 3. The maximum Gasteiger partial charge on any atom is 0.229 e. The molecule has 0 saturated carbocycles. The molecule has 0 aliphatic carbocycles. The van der Waals surface area contributed by atoms with Crippen LogP contribution in [-0.2, 0) is 13.0 Å². The van der Waals surface area contributed by atoms with Gasteiger partial charge in [0.25, 0.3) is 0 Å². The van der Waals surface area contributed by atoms with E-state index in [9.17, 15) is 0 Å². The second-order valence-electron chi connectivity index (χ2n) is 7.94. The first kappa shape index (κ1) is 18.7. The van der Waals surface area contributed by atoms with Gasteiger partial charge in [0, 0.05) is 46.8 Å². The summed E-state index contributed by atoms with van der Waals surface area (Å²) in [5.74, 6) is 1.29. The van der Waals surface area contributed by atoms with E-state index in [4.69, 9.17) is 15.1 Å². The van der Waals surface area contributed by atoms with Crippen LogP contribution in [0, 0.1) is 0 Å². The molecule has 32 heavy (non-hydrogen) atoms. The van der Waals surface area contributed by atoms with E-state index in [0.717, 1.165) is 58.7 Å². The van der Waals surface area contributed by atoms with Gasteiger partial charge < -0.3 is 25.4 Å². The summed E-state index contributed by atoms with van der Waals surface area (Å²) in [5, 5.41) is 7.78. The number of nitrogens with one attached hydrogen (secondary N) is 2.